The third kappa shape index (κ3) is 4.56. The summed E-state index contributed by atoms with van der Waals surface area (Å²) in [5.41, 5.74) is 6.94. The van der Waals surface area contributed by atoms with Gasteiger partial charge in [0.15, 0.2) is 0 Å². The Morgan fingerprint density at radius 3 is 2.64 bits per heavy atom. The first-order chi connectivity index (χ1) is 11.5. The van der Waals surface area contributed by atoms with Crippen molar-refractivity contribution in [3.8, 4) is 5.75 Å². The molecule has 1 unspecified atom stereocenters. The van der Waals surface area contributed by atoms with Crippen LogP contribution in [0, 0.1) is 11.2 Å². The number of halogens is 2. The second-order valence-electron chi connectivity index (χ2n) is 6.30. The van der Waals surface area contributed by atoms with Gasteiger partial charge in [0.2, 0.25) is 0 Å². The van der Waals surface area contributed by atoms with Crippen LogP contribution in [0.25, 0.3) is 0 Å². The zero-order chi connectivity index (χ0) is 18.9. The van der Waals surface area contributed by atoms with E-state index in [1.54, 1.807) is 20.8 Å². The summed E-state index contributed by atoms with van der Waals surface area (Å²) < 4.78 is 20.2. The van der Waals surface area contributed by atoms with Crippen molar-refractivity contribution < 1.29 is 14.2 Å². The summed E-state index contributed by atoms with van der Waals surface area (Å²) in [4.78, 5) is 0. The molecule has 25 heavy (non-hydrogen) atoms. The summed E-state index contributed by atoms with van der Waals surface area (Å²) in [6.07, 6.45) is -0.570. The van der Waals surface area contributed by atoms with E-state index in [0.717, 1.165) is 9.39 Å². The minimum atomic E-state index is -1.10. The van der Waals surface area contributed by atoms with E-state index in [9.17, 15) is 9.50 Å². The number of nitrogens with one attached hydrogen (secondary N) is 2. The van der Waals surface area contributed by atoms with Crippen molar-refractivity contribution in [2.24, 2.45) is 5.73 Å². The fraction of sp³-hybridized carbons (Fsp3) is 0.353. The van der Waals surface area contributed by atoms with E-state index in [1.165, 1.54) is 30.0 Å². The number of hydrogen-bond donors (Lipinski definition) is 4. The first kappa shape index (κ1) is 19.8. The summed E-state index contributed by atoms with van der Waals surface area (Å²) >= 11 is 4.67. The van der Waals surface area contributed by atoms with Crippen molar-refractivity contribution in [1.82, 2.24) is 0 Å². The third-order valence-electron chi connectivity index (χ3n) is 3.87. The van der Waals surface area contributed by atoms with Gasteiger partial charge in [0.1, 0.15) is 28.5 Å². The monoisotopic (exact) mass is 429 g/mol. The molecule has 0 aliphatic carbocycles. The molecule has 0 aromatic heterocycles. The van der Waals surface area contributed by atoms with E-state index in [-0.39, 0.29) is 11.6 Å². The number of rotatable bonds is 5. The van der Waals surface area contributed by atoms with Crippen LogP contribution in [0.2, 0.25) is 0 Å². The molecule has 1 atom stereocenters. The van der Waals surface area contributed by atoms with Gasteiger partial charge in [0.05, 0.1) is 20.7 Å². The molecular formula is C17H21BrFN3O2S. The number of ether oxygens (including phenoxy) is 1. The first-order valence-corrected chi connectivity index (χ1v) is 9.20. The van der Waals surface area contributed by atoms with Crippen molar-refractivity contribution >= 4 is 38.4 Å². The van der Waals surface area contributed by atoms with E-state index >= 15 is 0 Å². The highest BCUT2D eigenvalue weighted by atomic mass is 79.9. The number of thioether (sulfide) groups is 1. The number of anilines is 1. The molecule has 1 aliphatic heterocycles. The van der Waals surface area contributed by atoms with Crippen LogP contribution in [0.3, 0.4) is 0 Å². The standard InChI is InChI=1S/C17H21BrFN3O2S/c1-8-13(16(21)25-14(8)18)15(20)22-11-6-5-10(19)7-12(11)24-9(2)17(3,4)23/h5-7,9,21-23H,20H2,1-4H3/b15-13+,21-16?. The average Bonchev–Trinajstić information content (AvgIpc) is 2.73. The van der Waals surface area contributed by atoms with Crippen LogP contribution in [0.4, 0.5) is 10.1 Å². The van der Waals surface area contributed by atoms with Crippen LogP contribution in [-0.4, -0.2) is 21.9 Å². The minimum Gasteiger partial charge on any atom is -0.485 e. The smallest absolute Gasteiger partial charge is 0.146 e. The lowest BCUT2D eigenvalue weighted by Gasteiger charge is -2.27. The Balaban J connectivity index is 2.36. The number of aliphatic hydroxyl groups is 1. The van der Waals surface area contributed by atoms with E-state index in [0.29, 0.717) is 16.3 Å². The molecule has 0 radical (unpaired) electrons. The lowest BCUT2D eigenvalue weighted by Crippen LogP contribution is -2.38. The summed E-state index contributed by atoms with van der Waals surface area (Å²) in [5, 5.41) is 21.4. The van der Waals surface area contributed by atoms with Crippen LogP contribution < -0.4 is 15.8 Å². The number of benzene rings is 1. The molecule has 8 heteroatoms. The van der Waals surface area contributed by atoms with Crippen molar-refractivity contribution in [1.29, 1.82) is 5.41 Å². The van der Waals surface area contributed by atoms with Crippen LogP contribution >= 0.6 is 27.7 Å². The molecule has 1 heterocycles. The number of hydrogen-bond acceptors (Lipinski definition) is 6. The van der Waals surface area contributed by atoms with E-state index in [1.807, 2.05) is 6.92 Å². The Labute approximate surface area is 159 Å². The minimum absolute atomic E-state index is 0.232. The van der Waals surface area contributed by atoms with Crippen molar-refractivity contribution in [2.75, 3.05) is 5.32 Å². The lowest BCUT2D eigenvalue weighted by atomic mass is 10.0. The molecule has 1 aliphatic rings. The molecule has 0 saturated heterocycles. The molecule has 136 valence electrons. The molecule has 0 fully saturated rings. The maximum absolute atomic E-state index is 13.6. The molecule has 0 saturated carbocycles. The van der Waals surface area contributed by atoms with E-state index in [2.05, 4.69) is 21.2 Å². The van der Waals surface area contributed by atoms with Crippen LogP contribution in [-0.2, 0) is 0 Å². The SMILES string of the molecule is CC1=C(Br)SC(=N)/C1=C(\N)Nc1ccc(F)cc1OC(C)C(C)(C)O. The van der Waals surface area contributed by atoms with Crippen molar-refractivity contribution in [3.05, 3.63) is 44.8 Å². The lowest BCUT2D eigenvalue weighted by molar-refractivity contribution is -0.0239. The molecule has 5 nitrogen and oxygen atoms in total. The maximum Gasteiger partial charge on any atom is 0.146 e. The number of allylic oxidation sites excluding steroid dienone is 1. The highest BCUT2D eigenvalue weighted by Crippen LogP contribution is 2.41. The molecule has 1 aromatic carbocycles. The molecular weight excluding hydrogens is 409 g/mol. The predicted octanol–water partition coefficient (Wildman–Crippen LogP) is 4.30. The quantitative estimate of drug-likeness (QED) is 0.559. The topological polar surface area (TPSA) is 91.4 Å². The highest BCUT2D eigenvalue weighted by Gasteiger charge is 2.26. The zero-order valence-corrected chi connectivity index (χ0v) is 16.8. The molecule has 0 spiro atoms. The zero-order valence-electron chi connectivity index (χ0n) is 14.4. The maximum atomic E-state index is 13.6. The second kappa shape index (κ2) is 7.39. The van der Waals surface area contributed by atoms with E-state index < -0.39 is 17.5 Å². The fourth-order valence-corrected chi connectivity index (χ4v) is 3.53. The van der Waals surface area contributed by atoms with Gasteiger partial charge >= 0.3 is 0 Å². The van der Waals surface area contributed by atoms with Crippen LogP contribution in [0.1, 0.15) is 27.7 Å². The average molecular weight is 430 g/mol. The Hall–Kier alpha value is -1.51. The largest absolute Gasteiger partial charge is 0.485 e. The van der Waals surface area contributed by atoms with Gasteiger partial charge in [-0.1, -0.05) is 11.8 Å². The van der Waals surface area contributed by atoms with Crippen molar-refractivity contribution in [2.45, 2.75) is 39.4 Å². The van der Waals surface area contributed by atoms with E-state index in [4.69, 9.17) is 15.9 Å². The van der Waals surface area contributed by atoms with Gasteiger partial charge < -0.3 is 20.9 Å². The Bertz CT molecular complexity index is 772. The van der Waals surface area contributed by atoms with Crippen molar-refractivity contribution in [3.63, 3.8) is 0 Å². The van der Waals surface area contributed by atoms with Gasteiger partial charge in [-0.05, 0) is 61.3 Å². The first-order valence-electron chi connectivity index (χ1n) is 7.59. The molecule has 0 bridgehead atoms. The molecule has 2 rings (SSSR count). The molecule has 5 N–H and O–H groups in total. The van der Waals surface area contributed by atoms with Gasteiger partial charge in [-0.2, -0.15) is 0 Å². The summed E-state index contributed by atoms with van der Waals surface area (Å²) in [6.45, 7) is 6.79. The van der Waals surface area contributed by atoms with Gasteiger partial charge in [-0.3, -0.25) is 5.41 Å². The molecule has 1 aromatic rings. The highest BCUT2D eigenvalue weighted by molar-refractivity contribution is 9.14. The van der Waals surface area contributed by atoms with Crippen LogP contribution in [0.15, 0.2) is 39.0 Å². The van der Waals surface area contributed by atoms with Gasteiger partial charge in [0, 0.05) is 6.07 Å². The third-order valence-corrected chi connectivity index (χ3v) is 5.84. The fourth-order valence-electron chi connectivity index (χ4n) is 2.05. The molecule has 0 amide bonds. The summed E-state index contributed by atoms with van der Waals surface area (Å²) in [6, 6.07) is 4.03. The Kier molecular flexibility index (Phi) is 5.86. The number of nitrogens with two attached hydrogens (primary N) is 1. The summed E-state index contributed by atoms with van der Waals surface area (Å²) in [7, 11) is 0. The van der Waals surface area contributed by atoms with Gasteiger partial charge in [-0.25, -0.2) is 4.39 Å². The predicted molar refractivity (Wildman–Crippen MR) is 105 cm³/mol. The normalized spacial score (nSPS) is 18.4. The van der Waals surface area contributed by atoms with Crippen LogP contribution in [0.5, 0.6) is 5.75 Å². The Morgan fingerprint density at radius 2 is 2.12 bits per heavy atom. The Morgan fingerprint density at radius 1 is 1.48 bits per heavy atom. The summed E-state index contributed by atoms with van der Waals surface area (Å²) in [5.74, 6) is 0.0468. The van der Waals surface area contributed by atoms with Gasteiger partial charge in [-0.15, -0.1) is 0 Å². The second-order valence-corrected chi connectivity index (χ2v) is 8.64. The van der Waals surface area contributed by atoms with Gasteiger partial charge in [0.25, 0.3) is 0 Å².